The minimum atomic E-state index is -0.152. The molecule has 0 heterocycles. The third-order valence-corrected chi connectivity index (χ3v) is 3.13. The van der Waals surface area contributed by atoms with Gasteiger partial charge in [0.15, 0.2) is 0 Å². The van der Waals surface area contributed by atoms with Crippen molar-refractivity contribution in [1.82, 2.24) is 5.32 Å². The standard InChI is InChI=1S/C16H18N2O2/c1-11-7-14(19)5-6-15(11)16(20)18-10-13-4-2-3-12(8-13)9-17/h2-8,19H,9-10,17H2,1H3,(H,18,20). The smallest absolute Gasteiger partial charge is 0.251 e. The molecule has 0 atom stereocenters. The molecule has 2 rings (SSSR count). The number of aromatic hydroxyl groups is 1. The lowest BCUT2D eigenvalue weighted by atomic mass is 10.1. The van der Waals surface area contributed by atoms with E-state index in [9.17, 15) is 9.90 Å². The van der Waals surface area contributed by atoms with E-state index in [1.807, 2.05) is 24.3 Å². The maximum Gasteiger partial charge on any atom is 0.251 e. The number of hydrogen-bond donors (Lipinski definition) is 3. The van der Waals surface area contributed by atoms with Crippen LogP contribution in [0.2, 0.25) is 0 Å². The van der Waals surface area contributed by atoms with Gasteiger partial charge in [0, 0.05) is 18.7 Å². The lowest BCUT2D eigenvalue weighted by molar-refractivity contribution is 0.0950. The summed E-state index contributed by atoms with van der Waals surface area (Å²) < 4.78 is 0. The van der Waals surface area contributed by atoms with Gasteiger partial charge < -0.3 is 16.2 Å². The Labute approximate surface area is 118 Å². The Kier molecular flexibility index (Phi) is 4.38. The van der Waals surface area contributed by atoms with E-state index in [-0.39, 0.29) is 11.7 Å². The van der Waals surface area contributed by atoms with Crippen molar-refractivity contribution in [3.63, 3.8) is 0 Å². The molecule has 0 radical (unpaired) electrons. The number of amides is 1. The van der Waals surface area contributed by atoms with Crippen molar-refractivity contribution in [1.29, 1.82) is 0 Å². The Hall–Kier alpha value is -2.33. The number of rotatable bonds is 4. The highest BCUT2D eigenvalue weighted by Crippen LogP contribution is 2.15. The van der Waals surface area contributed by atoms with Crippen LogP contribution < -0.4 is 11.1 Å². The first-order valence-electron chi connectivity index (χ1n) is 6.46. The van der Waals surface area contributed by atoms with E-state index >= 15 is 0 Å². The number of phenols is 1. The highest BCUT2D eigenvalue weighted by atomic mass is 16.3. The van der Waals surface area contributed by atoms with E-state index in [1.165, 1.54) is 6.07 Å². The Morgan fingerprint density at radius 1 is 1.20 bits per heavy atom. The zero-order chi connectivity index (χ0) is 14.5. The third-order valence-electron chi connectivity index (χ3n) is 3.13. The average molecular weight is 270 g/mol. The fraction of sp³-hybridized carbons (Fsp3) is 0.188. The lowest BCUT2D eigenvalue weighted by Gasteiger charge is -2.09. The van der Waals surface area contributed by atoms with E-state index in [0.29, 0.717) is 18.7 Å². The SMILES string of the molecule is Cc1cc(O)ccc1C(=O)NCc1cccc(CN)c1. The highest BCUT2D eigenvalue weighted by molar-refractivity contribution is 5.95. The van der Waals surface area contributed by atoms with E-state index in [4.69, 9.17) is 5.73 Å². The van der Waals surface area contributed by atoms with Gasteiger partial charge in [-0.15, -0.1) is 0 Å². The van der Waals surface area contributed by atoms with Gasteiger partial charge in [-0.25, -0.2) is 0 Å². The normalized spacial score (nSPS) is 10.3. The third kappa shape index (κ3) is 3.36. The van der Waals surface area contributed by atoms with Gasteiger partial charge in [0.25, 0.3) is 5.91 Å². The fourth-order valence-corrected chi connectivity index (χ4v) is 2.05. The van der Waals surface area contributed by atoms with Crippen LogP contribution in [0.1, 0.15) is 27.0 Å². The summed E-state index contributed by atoms with van der Waals surface area (Å²) in [7, 11) is 0. The quantitative estimate of drug-likeness (QED) is 0.796. The molecular formula is C16H18N2O2. The van der Waals surface area contributed by atoms with E-state index < -0.39 is 0 Å². The maximum absolute atomic E-state index is 12.1. The van der Waals surface area contributed by atoms with Crippen molar-refractivity contribution >= 4 is 5.91 Å². The number of carbonyl (C=O) groups is 1. The first-order valence-corrected chi connectivity index (χ1v) is 6.46. The van der Waals surface area contributed by atoms with Gasteiger partial charge in [-0.3, -0.25) is 4.79 Å². The van der Waals surface area contributed by atoms with Crippen molar-refractivity contribution in [2.45, 2.75) is 20.0 Å². The molecule has 0 aromatic heterocycles. The van der Waals surface area contributed by atoms with Gasteiger partial charge in [0.05, 0.1) is 0 Å². The van der Waals surface area contributed by atoms with E-state index in [0.717, 1.165) is 16.7 Å². The predicted octanol–water partition coefficient (Wildman–Crippen LogP) is 2.09. The highest BCUT2D eigenvalue weighted by Gasteiger charge is 2.09. The predicted molar refractivity (Wildman–Crippen MR) is 78.3 cm³/mol. The zero-order valence-corrected chi connectivity index (χ0v) is 11.4. The lowest BCUT2D eigenvalue weighted by Crippen LogP contribution is -2.23. The monoisotopic (exact) mass is 270 g/mol. The molecule has 0 aliphatic carbocycles. The number of phenolic OH excluding ortho intramolecular Hbond substituents is 1. The summed E-state index contributed by atoms with van der Waals surface area (Å²) in [4.78, 5) is 12.1. The van der Waals surface area contributed by atoms with Crippen molar-refractivity contribution in [3.05, 3.63) is 64.7 Å². The van der Waals surface area contributed by atoms with E-state index in [2.05, 4.69) is 5.32 Å². The fourth-order valence-electron chi connectivity index (χ4n) is 2.05. The van der Waals surface area contributed by atoms with Gasteiger partial charge in [0.2, 0.25) is 0 Å². The first kappa shape index (κ1) is 14.1. The minimum Gasteiger partial charge on any atom is -0.508 e. The number of nitrogens with two attached hydrogens (primary N) is 1. The summed E-state index contributed by atoms with van der Waals surface area (Å²) in [6.45, 7) is 2.73. The summed E-state index contributed by atoms with van der Waals surface area (Å²) in [6.07, 6.45) is 0. The number of benzene rings is 2. The average Bonchev–Trinajstić information content (AvgIpc) is 2.45. The van der Waals surface area contributed by atoms with Crippen LogP contribution in [0.4, 0.5) is 0 Å². The molecule has 2 aromatic carbocycles. The van der Waals surface area contributed by atoms with E-state index in [1.54, 1.807) is 19.1 Å². The van der Waals surface area contributed by atoms with Crippen molar-refractivity contribution in [2.24, 2.45) is 5.73 Å². The molecule has 0 saturated carbocycles. The molecule has 1 amide bonds. The van der Waals surface area contributed by atoms with Crippen molar-refractivity contribution < 1.29 is 9.90 Å². The molecule has 4 nitrogen and oxygen atoms in total. The molecule has 0 fully saturated rings. The zero-order valence-electron chi connectivity index (χ0n) is 11.4. The number of hydrogen-bond acceptors (Lipinski definition) is 3. The Bertz CT molecular complexity index is 624. The maximum atomic E-state index is 12.1. The summed E-state index contributed by atoms with van der Waals surface area (Å²) in [6, 6.07) is 12.5. The molecule has 0 saturated heterocycles. The van der Waals surface area contributed by atoms with Crippen LogP contribution in [0.15, 0.2) is 42.5 Å². The Morgan fingerprint density at radius 3 is 2.65 bits per heavy atom. The molecule has 0 bridgehead atoms. The Morgan fingerprint density at radius 2 is 1.95 bits per heavy atom. The molecule has 20 heavy (non-hydrogen) atoms. The van der Waals surface area contributed by atoms with Crippen molar-refractivity contribution in [3.8, 4) is 5.75 Å². The van der Waals surface area contributed by atoms with Crippen LogP contribution in [0.25, 0.3) is 0 Å². The summed E-state index contributed by atoms with van der Waals surface area (Å²) in [5, 5.41) is 12.2. The molecular weight excluding hydrogens is 252 g/mol. The topological polar surface area (TPSA) is 75.3 Å². The summed E-state index contributed by atoms with van der Waals surface area (Å²) in [5.74, 6) is 0.00958. The van der Waals surface area contributed by atoms with Crippen LogP contribution in [0.3, 0.4) is 0 Å². The molecule has 2 aromatic rings. The second kappa shape index (κ2) is 6.21. The molecule has 0 spiro atoms. The first-order chi connectivity index (χ1) is 9.60. The largest absolute Gasteiger partial charge is 0.508 e. The van der Waals surface area contributed by atoms with Gasteiger partial charge in [-0.05, 0) is 41.8 Å². The van der Waals surface area contributed by atoms with Crippen LogP contribution in [-0.2, 0) is 13.1 Å². The molecule has 0 aliphatic heterocycles. The molecule has 0 unspecified atom stereocenters. The Balaban J connectivity index is 2.04. The summed E-state index contributed by atoms with van der Waals surface area (Å²) in [5.41, 5.74) is 8.96. The summed E-state index contributed by atoms with van der Waals surface area (Å²) >= 11 is 0. The van der Waals surface area contributed by atoms with Gasteiger partial charge >= 0.3 is 0 Å². The minimum absolute atomic E-state index is 0.152. The molecule has 104 valence electrons. The number of aryl methyl sites for hydroxylation is 1. The van der Waals surface area contributed by atoms with Gasteiger partial charge in [-0.1, -0.05) is 24.3 Å². The second-order valence-corrected chi connectivity index (χ2v) is 4.71. The van der Waals surface area contributed by atoms with Crippen LogP contribution in [-0.4, -0.2) is 11.0 Å². The second-order valence-electron chi connectivity index (χ2n) is 4.71. The van der Waals surface area contributed by atoms with Crippen LogP contribution in [0.5, 0.6) is 5.75 Å². The van der Waals surface area contributed by atoms with Crippen LogP contribution in [0, 0.1) is 6.92 Å². The van der Waals surface area contributed by atoms with Gasteiger partial charge in [-0.2, -0.15) is 0 Å². The molecule has 0 aliphatic rings. The number of carbonyl (C=O) groups excluding carboxylic acids is 1. The molecule has 4 N–H and O–H groups in total. The molecule has 4 heteroatoms. The number of nitrogens with one attached hydrogen (secondary N) is 1. The van der Waals surface area contributed by atoms with Crippen molar-refractivity contribution in [2.75, 3.05) is 0 Å². The van der Waals surface area contributed by atoms with Gasteiger partial charge in [0.1, 0.15) is 5.75 Å². The van der Waals surface area contributed by atoms with Crippen LogP contribution >= 0.6 is 0 Å².